The second-order valence-electron chi connectivity index (χ2n) is 3.14. The highest BCUT2D eigenvalue weighted by atomic mass is 32.2. The first-order valence-corrected chi connectivity index (χ1v) is 5.64. The van der Waals surface area contributed by atoms with Crippen molar-refractivity contribution in [3.63, 3.8) is 0 Å². The molecule has 0 aromatic carbocycles. The lowest BCUT2D eigenvalue weighted by Crippen LogP contribution is -2.56. The zero-order valence-electron chi connectivity index (χ0n) is 8.09. The molecule has 0 radical (unpaired) electrons. The maximum absolute atomic E-state index is 9.65. The van der Waals surface area contributed by atoms with Crippen LogP contribution in [0.15, 0.2) is 5.11 Å². The smallest absolute Gasteiger partial charge is 0.114 e. The second kappa shape index (κ2) is 5.55. The molecule has 7 nitrogen and oxygen atoms in total. The Bertz CT molecular complexity index is 259. The van der Waals surface area contributed by atoms with Crippen molar-refractivity contribution in [1.29, 1.82) is 0 Å². The molecule has 1 aliphatic heterocycles. The predicted molar refractivity (Wildman–Crippen MR) is 54.2 cm³/mol. The molecule has 3 N–H and O–H groups in total. The van der Waals surface area contributed by atoms with Crippen LogP contribution in [0.5, 0.6) is 0 Å². The Kier molecular flexibility index (Phi) is 4.65. The monoisotopic (exact) mass is 235 g/mol. The van der Waals surface area contributed by atoms with Gasteiger partial charge >= 0.3 is 0 Å². The second-order valence-corrected chi connectivity index (χ2v) is 4.07. The van der Waals surface area contributed by atoms with E-state index in [1.807, 2.05) is 0 Å². The summed E-state index contributed by atoms with van der Waals surface area (Å²) in [6.45, 7) is -0.391. The predicted octanol–water partition coefficient (Wildman–Crippen LogP) is -0.533. The minimum Gasteiger partial charge on any atom is -0.394 e. The molecule has 86 valence electrons. The Morgan fingerprint density at radius 2 is 2.13 bits per heavy atom. The number of rotatable bonds is 3. The third kappa shape index (κ3) is 2.54. The molecule has 1 aliphatic rings. The first kappa shape index (κ1) is 12.6. The van der Waals surface area contributed by atoms with Crippen LogP contribution < -0.4 is 0 Å². The lowest BCUT2D eigenvalue weighted by Gasteiger charge is -2.39. The molecule has 1 rings (SSSR count). The van der Waals surface area contributed by atoms with Crippen molar-refractivity contribution in [2.45, 2.75) is 29.8 Å². The molecular formula is C7H13N3O4S. The van der Waals surface area contributed by atoms with Gasteiger partial charge in [0.1, 0.15) is 23.7 Å². The SMILES string of the molecule is CSC1OC(CO)[C@H](O)[C@H](O)[C@H]1N=[N+]=[N-]. The van der Waals surface area contributed by atoms with Crippen molar-refractivity contribution >= 4 is 11.8 Å². The van der Waals surface area contributed by atoms with Crippen molar-refractivity contribution in [2.75, 3.05) is 12.9 Å². The molecule has 0 aliphatic carbocycles. The molecule has 1 fully saturated rings. The number of aliphatic hydroxyl groups is 3. The summed E-state index contributed by atoms with van der Waals surface area (Å²) in [4.78, 5) is 2.59. The van der Waals surface area contributed by atoms with E-state index in [4.69, 9.17) is 15.4 Å². The van der Waals surface area contributed by atoms with Gasteiger partial charge in [-0.3, -0.25) is 0 Å². The third-order valence-corrected chi connectivity index (χ3v) is 3.12. The normalized spacial score (nSPS) is 40.9. The highest BCUT2D eigenvalue weighted by molar-refractivity contribution is 7.99. The van der Waals surface area contributed by atoms with Crippen LogP contribution in [-0.2, 0) is 4.74 Å². The largest absolute Gasteiger partial charge is 0.394 e. The van der Waals surface area contributed by atoms with Crippen molar-refractivity contribution in [1.82, 2.24) is 0 Å². The lowest BCUT2D eigenvalue weighted by molar-refractivity contribution is -0.165. The fourth-order valence-electron chi connectivity index (χ4n) is 1.44. The van der Waals surface area contributed by atoms with Gasteiger partial charge in [-0.05, 0) is 11.8 Å². The van der Waals surface area contributed by atoms with E-state index >= 15 is 0 Å². The lowest BCUT2D eigenvalue weighted by atomic mass is 9.99. The summed E-state index contributed by atoms with van der Waals surface area (Å²) < 4.78 is 5.27. The van der Waals surface area contributed by atoms with Gasteiger partial charge in [0.15, 0.2) is 0 Å². The Morgan fingerprint density at radius 3 is 2.60 bits per heavy atom. The summed E-state index contributed by atoms with van der Waals surface area (Å²) >= 11 is 1.25. The van der Waals surface area contributed by atoms with Crippen molar-refractivity contribution in [2.24, 2.45) is 5.11 Å². The van der Waals surface area contributed by atoms with Gasteiger partial charge in [0.2, 0.25) is 0 Å². The number of ether oxygens (including phenoxy) is 1. The Labute approximate surface area is 90.7 Å². The quantitative estimate of drug-likeness (QED) is 0.345. The van der Waals surface area contributed by atoms with Crippen LogP contribution in [-0.4, -0.2) is 58.0 Å². The topological polar surface area (TPSA) is 119 Å². The van der Waals surface area contributed by atoms with Gasteiger partial charge in [-0.15, -0.1) is 11.8 Å². The van der Waals surface area contributed by atoms with Crippen LogP contribution in [0, 0.1) is 0 Å². The maximum Gasteiger partial charge on any atom is 0.114 e. The van der Waals surface area contributed by atoms with E-state index in [2.05, 4.69) is 10.0 Å². The molecule has 0 amide bonds. The molecule has 0 aromatic heterocycles. The zero-order valence-corrected chi connectivity index (χ0v) is 8.91. The van der Waals surface area contributed by atoms with E-state index in [0.717, 1.165) is 0 Å². The summed E-state index contributed by atoms with van der Waals surface area (Å²) in [5, 5.41) is 31.5. The molecule has 8 heteroatoms. The third-order valence-electron chi connectivity index (χ3n) is 2.27. The van der Waals surface area contributed by atoms with Gasteiger partial charge in [0.25, 0.3) is 0 Å². The van der Waals surface area contributed by atoms with E-state index < -0.39 is 36.4 Å². The summed E-state index contributed by atoms with van der Waals surface area (Å²) in [6, 6.07) is -0.845. The molecule has 15 heavy (non-hydrogen) atoms. The molecule has 2 unspecified atom stereocenters. The fraction of sp³-hybridized carbons (Fsp3) is 1.00. The summed E-state index contributed by atoms with van der Waals surface area (Å²) in [6.07, 6.45) is -1.58. The Hall–Kier alpha value is -0.500. The van der Waals surface area contributed by atoms with Gasteiger partial charge in [-0.1, -0.05) is 5.11 Å². The van der Waals surface area contributed by atoms with Crippen LogP contribution in [0.4, 0.5) is 0 Å². The van der Waals surface area contributed by atoms with Gasteiger partial charge in [0, 0.05) is 4.91 Å². The number of aliphatic hydroxyl groups excluding tert-OH is 3. The maximum atomic E-state index is 9.65. The number of thioether (sulfide) groups is 1. The zero-order chi connectivity index (χ0) is 11.4. The van der Waals surface area contributed by atoms with Crippen molar-refractivity contribution < 1.29 is 20.1 Å². The van der Waals surface area contributed by atoms with Crippen LogP contribution in [0.25, 0.3) is 10.4 Å². The van der Waals surface area contributed by atoms with E-state index in [9.17, 15) is 10.2 Å². The molecule has 0 aromatic rings. The van der Waals surface area contributed by atoms with E-state index in [-0.39, 0.29) is 0 Å². The molecule has 0 spiro atoms. The van der Waals surface area contributed by atoms with E-state index in [1.54, 1.807) is 6.26 Å². The molecule has 5 atom stereocenters. The standard InChI is InChI=1S/C7H13N3O4S/c1-15-7-4(9-10-8)6(13)5(12)3(2-11)14-7/h3-7,11-13H,2H2,1H3/t3?,4-,5+,6-,7?/m1/s1. The van der Waals surface area contributed by atoms with E-state index in [0.29, 0.717) is 0 Å². The first-order chi connectivity index (χ1) is 7.15. The fourth-order valence-corrected chi connectivity index (χ4v) is 2.19. The first-order valence-electron chi connectivity index (χ1n) is 4.35. The van der Waals surface area contributed by atoms with Crippen LogP contribution in [0.1, 0.15) is 0 Å². The number of hydrogen-bond donors (Lipinski definition) is 3. The average Bonchev–Trinajstić information content (AvgIpc) is 2.25. The van der Waals surface area contributed by atoms with E-state index in [1.165, 1.54) is 11.8 Å². The molecule has 1 saturated heterocycles. The molecule has 1 heterocycles. The van der Waals surface area contributed by atoms with Crippen LogP contribution >= 0.6 is 11.8 Å². The summed E-state index contributed by atoms with van der Waals surface area (Å²) in [5.41, 5.74) is 7.75. The minimum atomic E-state index is -1.24. The number of nitrogens with zero attached hydrogens (tertiary/aromatic N) is 3. The number of azide groups is 1. The number of hydrogen-bond acceptors (Lipinski definition) is 6. The van der Waals surface area contributed by atoms with Crippen LogP contribution in [0.3, 0.4) is 0 Å². The van der Waals surface area contributed by atoms with Crippen LogP contribution in [0.2, 0.25) is 0 Å². The Morgan fingerprint density at radius 1 is 1.47 bits per heavy atom. The molecule has 0 bridgehead atoms. The van der Waals surface area contributed by atoms with Gasteiger partial charge in [-0.2, -0.15) is 0 Å². The average molecular weight is 235 g/mol. The van der Waals surface area contributed by atoms with Crippen molar-refractivity contribution in [3.05, 3.63) is 10.4 Å². The molecular weight excluding hydrogens is 222 g/mol. The van der Waals surface area contributed by atoms with Gasteiger partial charge in [-0.25, -0.2) is 0 Å². The Balaban J connectivity index is 2.83. The highest BCUT2D eigenvalue weighted by Crippen LogP contribution is 2.29. The highest BCUT2D eigenvalue weighted by Gasteiger charge is 2.43. The summed E-state index contributed by atoms with van der Waals surface area (Å²) in [5.74, 6) is 0. The summed E-state index contributed by atoms with van der Waals surface area (Å²) in [7, 11) is 0. The molecule has 0 saturated carbocycles. The van der Waals surface area contributed by atoms with Crippen molar-refractivity contribution in [3.8, 4) is 0 Å². The minimum absolute atomic E-state index is 0.391. The van der Waals surface area contributed by atoms with Gasteiger partial charge < -0.3 is 20.1 Å². The van der Waals surface area contributed by atoms with Gasteiger partial charge in [0.05, 0.1) is 12.7 Å².